The lowest BCUT2D eigenvalue weighted by Gasteiger charge is -2.36. The first kappa shape index (κ1) is 20.2. The summed E-state index contributed by atoms with van der Waals surface area (Å²) in [5, 5.41) is 2.99. The Labute approximate surface area is 166 Å². The predicted octanol–water partition coefficient (Wildman–Crippen LogP) is 1.67. The van der Waals surface area contributed by atoms with Crippen molar-refractivity contribution < 1.29 is 19.1 Å². The minimum absolute atomic E-state index is 0.000590. The lowest BCUT2D eigenvalue weighted by Crippen LogP contribution is -2.54. The van der Waals surface area contributed by atoms with Crippen molar-refractivity contribution in [3.8, 4) is 5.75 Å². The summed E-state index contributed by atoms with van der Waals surface area (Å²) in [6.45, 7) is 4.32. The molecule has 0 saturated carbocycles. The smallest absolute Gasteiger partial charge is 0.251 e. The zero-order valence-corrected chi connectivity index (χ0v) is 16.6. The highest BCUT2D eigenvalue weighted by atomic mass is 16.5. The fourth-order valence-corrected chi connectivity index (χ4v) is 4.03. The minimum atomic E-state index is -0.554. The second-order valence-corrected chi connectivity index (χ2v) is 7.56. The second-order valence-electron chi connectivity index (χ2n) is 7.56. The number of nitrogens with one attached hydrogen (secondary N) is 1. The number of hydrogen-bond acceptors (Lipinski definition) is 4. The van der Waals surface area contributed by atoms with Gasteiger partial charge >= 0.3 is 0 Å². The van der Waals surface area contributed by atoms with Crippen LogP contribution in [0.2, 0.25) is 0 Å². The number of likely N-dealkylation sites (tertiary alicyclic amines) is 2. The van der Waals surface area contributed by atoms with Crippen molar-refractivity contribution in [1.29, 1.82) is 0 Å². The van der Waals surface area contributed by atoms with E-state index in [0.29, 0.717) is 37.2 Å². The highest BCUT2D eigenvalue weighted by molar-refractivity contribution is 5.97. The third kappa shape index (κ3) is 4.64. The molecule has 0 bridgehead atoms. The van der Waals surface area contributed by atoms with Crippen molar-refractivity contribution >= 4 is 17.7 Å². The molecular formula is C21H29N3O4. The Hall–Kier alpha value is -2.57. The van der Waals surface area contributed by atoms with Gasteiger partial charge in [0.2, 0.25) is 11.8 Å². The van der Waals surface area contributed by atoms with E-state index in [0.717, 1.165) is 25.9 Å². The molecule has 7 nitrogen and oxygen atoms in total. The summed E-state index contributed by atoms with van der Waals surface area (Å²) in [4.78, 5) is 41.2. The number of carbonyl (C=O) groups is 3. The van der Waals surface area contributed by atoms with Gasteiger partial charge in [0.25, 0.3) is 5.91 Å². The maximum Gasteiger partial charge on any atom is 0.251 e. The van der Waals surface area contributed by atoms with Crippen molar-refractivity contribution in [2.45, 2.75) is 38.6 Å². The Morgan fingerprint density at radius 1 is 1.00 bits per heavy atom. The van der Waals surface area contributed by atoms with Crippen molar-refractivity contribution in [3.63, 3.8) is 0 Å². The summed E-state index contributed by atoms with van der Waals surface area (Å²) in [5.74, 6) is 0.515. The van der Waals surface area contributed by atoms with E-state index in [4.69, 9.17) is 4.74 Å². The van der Waals surface area contributed by atoms with Crippen LogP contribution in [0.4, 0.5) is 0 Å². The first-order valence-electron chi connectivity index (χ1n) is 9.99. The molecule has 1 aromatic rings. The molecule has 2 aliphatic heterocycles. The van der Waals surface area contributed by atoms with E-state index in [1.54, 1.807) is 43.2 Å². The average molecular weight is 387 g/mol. The van der Waals surface area contributed by atoms with E-state index in [1.165, 1.54) is 0 Å². The fourth-order valence-electron chi connectivity index (χ4n) is 4.03. The van der Waals surface area contributed by atoms with Gasteiger partial charge in [0, 0.05) is 38.7 Å². The Kier molecular flexibility index (Phi) is 6.54. The molecule has 1 unspecified atom stereocenters. The van der Waals surface area contributed by atoms with E-state index >= 15 is 0 Å². The minimum Gasteiger partial charge on any atom is -0.497 e. The molecule has 152 valence electrons. The Morgan fingerprint density at radius 2 is 1.61 bits per heavy atom. The van der Waals surface area contributed by atoms with E-state index in [1.807, 2.05) is 4.90 Å². The standard InChI is InChI=1S/C21H29N3O4/c1-15(25)23-13-9-16(10-14-23)19(21(27)24-11-3-4-12-24)22-20(26)17-5-7-18(28-2)8-6-17/h5-8,16,19H,3-4,9-14H2,1-2H3,(H,22,26). The van der Waals surface area contributed by atoms with Gasteiger partial charge in [0.05, 0.1) is 7.11 Å². The highest BCUT2D eigenvalue weighted by Crippen LogP contribution is 2.24. The Morgan fingerprint density at radius 3 is 2.14 bits per heavy atom. The van der Waals surface area contributed by atoms with Crippen LogP contribution in [0.5, 0.6) is 5.75 Å². The quantitative estimate of drug-likeness (QED) is 0.834. The maximum absolute atomic E-state index is 13.1. The monoisotopic (exact) mass is 387 g/mol. The van der Waals surface area contributed by atoms with Crippen LogP contribution in [0, 0.1) is 5.92 Å². The molecule has 0 aromatic heterocycles. The van der Waals surface area contributed by atoms with Gasteiger partial charge < -0.3 is 19.9 Å². The third-order valence-corrected chi connectivity index (χ3v) is 5.78. The van der Waals surface area contributed by atoms with E-state index in [9.17, 15) is 14.4 Å². The Bertz CT molecular complexity index is 705. The predicted molar refractivity (Wildman–Crippen MR) is 105 cm³/mol. The second kappa shape index (κ2) is 9.08. The van der Waals surface area contributed by atoms with Gasteiger partial charge in [0.15, 0.2) is 0 Å². The number of nitrogens with zero attached hydrogens (tertiary/aromatic N) is 2. The topological polar surface area (TPSA) is 79.0 Å². The van der Waals surface area contributed by atoms with Gasteiger partial charge in [-0.3, -0.25) is 14.4 Å². The first-order valence-corrected chi connectivity index (χ1v) is 9.99. The van der Waals surface area contributed by atoms with Gasteiger partial charge in [0.1, 0.15) is 11.8 Å². The fraction of sp³-hybridized carbons (Fsp3) is 0.571. The summed E-state index contributed by atoms with van der Waals surface area (Å²) in [7, 11) is 1.58. The molecule has 2 saturated heterocycles. The molecule has 7 heteroatoms. The van der Waals surface area contributed by atoms with E-state index in [-0.39, 0.29) is 23.6 Å². The lowest BCUT2D eigenvalue weighted by atomic mass is 9.88. The molecule has 0 spiro atoms. The molecule has 3 amide bonds. The number of ether oxygens (including phenoxy) is 1. The number of methoxy groups -OCH3 is 1. The van der Waals surface area contributed by atoms with Crippen LogP contribution >= 0.6 is 0 Å². The van der Waals surface area contributed by atoms with Gasteiger partial charge in [-0.25, -0.2) is 0 Å². The molecule has 2 aliphatic rings. The molecule has 3 rings (SSSR count). The normalized spacial score (nSPS) is 18.6. The lowest BCUT2D eigenvalue weighted by molar-refractivity contribution is -0.134. The van der Waals surface area contributed by atoms with Gasteiger partial charge in [-0.2, -0.15) is 0 Å². The van der Waals surface area contributed by atoms with Crippen LogP contribution in [-0.2, 0) is 9.59 Å². The van der Waals surface area contributed by atoms with Crippen molar-refractivity contribution in [3.05, 3.63) is 29.8 Å². The molecule has 28 heavy (non-hydrogen) atoms. The maximum atomic E-state index is 13.1. The SMILES string of the molecule is COc1ccc(C(=O)NC(C(=O)N2CCCC2)C2CCN(C(C)=O)CC2)cc1. The van der Waals surface area contributed by atoms with Crippen LogP contribution in [-0.4, -0.2) is 66.9 Å². The van der Waals surface area contributed by atoms with Crippen LogP contribution in [0.1, 0.15) is 43.0 Å². The van der Waals surface area contributed by atoms with Crippen molar-refractivity contribution in [1.82, 2.24) is 15.1 Å². The zero-order valence-electron chi connectivity index (χ0n) is 16.6. The first-order chi connectivity index (χ1) is 13.5. The molecule has 1 aromatic carbocycles. The van der Waals surface area contributed by atoms with Crippen LogP contribution in [0.25, 0.3) is 0 Å². The van der Waals surface area contributed by atoms with Crippen LogP contribution < -0.4 is 10.1 Å². The largest absolute Gasteiger partial charge is 0.497 e. The number of rotatable bonds is 5. The zero-order chi connectivity index (χ0) is 20.1. The number of carbonyl (C=O) groups excluding carboxylic acids is 3. The van der Waals surface area contributed by atoms with Crippen LogP contribution in [0.15, 0.2) is 24.3 Å². The summed E-state index contributed by atoms with van der Waals surface area (Å²) in [6.07, 6.45) is 3.45. The molecule has 2 fully saturated rings. The highest BCUT2D eigenvalue weighted by Gasteiger charge is 2.36. The van der Waals surface area contributed by atoms with Crippen molar-refractivity contribution in [2.75, 3.05) is 33.3 Å². The molecule has 0 radical (unpaired) electrons. The summed E-state index contributed by atoms with van der Waals surface area (Å²) >= 11 is 0. The van der Waals surface area contributed by atoms with Gasteiger partial charge in [-0.1, -0.05) is 0 Å². The number of amides is 3. The molecular weight excluding hydrogens is 358 g/mol. The summed E-state index contributed by atoms with van der Waals surface area (Å²) in [5.41, 5.74) is 0.501. The van der Waals surface area contributed by atoms with Crippen molar-refractivity contribution in [2.24, 2.45) is 5.92 Å². The average Bonchev–Trinajstić information content (AvgIpc) is 3.26. The third-order valence-electron chi connectivity index (χ3n) is 5.78. The number of piperidine rings is 1. The number of hydrogen-bond donors (Lipinski definition) is 1. The summed E-state index contributed by atoms with van der Waals surface area (Å²) in [6, 6.07) is 6.31. The molecule has 0 aliphatic carbocycles. The Balaban J connectivity index is 1.72. The molecule has 1 atom stereocenters. The van der Waals surface area contributed by atoms with Gasteiger partial charge in [-0.15, -0.1) is 0 Å². The number of benzene rings is 1. The van der Waals surface area contributed by atoms with Gasteiger partial charge in [-0.05, 0) is 55.9 Å². The van der Waals surface area contributed by atoms with Crippen LogP contribution in [0.3, 0.4) is 0 Å². The molecule has 2 heterocycles. The van der Waals surface area contributed by atoms with E-state index in [2.05, 4.69) is 5.32 Å². The van der Waals surface area contributed by atoms with E-state index < -0.39 is 6.04 Å². The summed E-state index contributed by atoms with van der Waals surface area (Å²) < 4.78 is 5.14. The molecule has 1 N–H and O–H groups in total.